The van der Waals surface area contributed by atoms with Crippen molar-refractivity contribution >= 4 is 23.5 Å². The fraction of sp³-hybridized carbons (Fsp3) is 0.350. The maximum Gasteiger partial charge on any atom is 0.180 e. The SMILES string of the molecule is CCc1ccc(N=Cc2cc(Cl)c(O[C@H](C)CC)c(OC)c2)cc1. The lowest BCUT2D eigenvalue weighted by Crippen LogP contribution is -2.11. The molecule has 0 unspecified atom stereocenters. The van der Waals surface area contributed by atoms with Gasteiger partial charge in [0.25, 0.3) is 0 Å². The zero-order chi connectivity index (χ0) is 17.5. The van der Waals surface area contributed by atoms with Crippen LogP contribution in [0.5, 0.6) is 11.5 Å². The van der Waals surface area contributed by atoms with Gasteiger partial charge in [-0.3, -0.25) is 4.99 Å². The van der Waals surface area contributed by atoms with Gasteiger partial charge in [-0.1, -0.05) is 37.6 Å². The maximum absolute atomic E-state index is 6.37. The molecule has 0 amide bonds. The third-order valence-corrected chi connectivity index (χ3v) is 4.13. The minimum Gasteiger partial charge on any atom is -0.493 e. The highest BCUT2D eigenvalue weighted by atomic mass is 35.5. The first-order valence-electron chi connectivity index (χ1n) is 8.24. The van der Waals surface area contributed by atoms with Crippen LogP contribution in [0, 0.1) is 0 Å². The van der Waals surface area contributed by atoms with E-state index in [4.69, 9.17) is 21.1 Å². The number of rotatable bonds is 7. The molecule has 24 heavy (non-hydrogen) atoms. The van der Waals surface area contributed by atoms with E-state index in [0.717, 1.165) is 24.1 Å². The highest BCUT2D eigenvalue weighted by Crippen LogP contribution is 2.37. The van der Waals surface area contributed by atoms with Gasteiger partial charge in [0, 0.05) is 6.21 Å². The summed E-state index contributed by atoms with van der Waals surface area (Å²) in [4.78, 5) is 4.50. The summed E-state index contributed by atoms with van der Waals surface area (Å²) in [6.45, 7) is 6.20. The first kappa shape index (κ1) is 18.3. The van der Waals surface area contributed by atoms with Crippen molar-refractivity contribution in [3.63, 3.8) is 0 Å². The van der Waals surface area contributed by atoms with E-state index in [0.29, 0.717) is 16.5 Å². The van der Waals surface area contributed by atoms with Gasteiger partial charge in [-0.15, -0.1) is 0 Å². The molecule has 0 saturated heterocycles. The Labute approximate surface area is 149 Å². The molecule has 0 saturated carbocycles. The summed E-state index contributed by atoms with van der Waals surface area (Å²) in [5.41, 5.74) is 3.07. The molecule has 3 nitrogen and oxygen atoms in total. The number of halogens is 1. The topological polar surface area (TPSA) is 30.8 Å². The van der Waals surface area contributed by atoms with Crippen molar-refractivity contribution in [2.24, 2.45) is 4.99 Å². The molecule has 2 rings (SSSR count). The van der Waals surface area contributed by atoms with E-state index in [1.165, 1.54) is 5.56 Å². The van der Waals surface area contributed by atoms with Gasteiger partial charge in [0.1, 0.15) is 0 Å². The molecule has 0 fully saturated rings. The lowest BCUT2D eigenvalue weighted by Gasteiger charge is -2.17. The molecule has 1 atom stereocenters. The first-order chi connectivity index (χ1) is 11.6. The minimum atomic E-state index is 0.0768. The van der Waals surface area contributed by atoms with Crippen molar-refractivity contribution in [1.82, 2.24) is 0 Å². The number of ether oxygens (including phenoxy) is 2. The molecule has 0 aliphatic carbocycles. The summed E-state index contributed by atoms with van der Waals surface area (Å²) < 4.78 is 11.3. The molecule has 0 spiro atoms. The lowest BCUT2D eigenvalue weighted by molar-refractivity contribution is 0.208. The fourth-order valence-corrected chi connectivity index (χ4v) is 2.44. The van der Waals surface area contributed by atoms with Gasteiger partial charge in [-0.2, -0.15) is 0 Å². The molecule has 0 N–H and O–H groups in total. The van der Waals surface area contributed by atoms with E-state index in [1.807, 2.05) is 31.2 Å². The first-order valence-corrected chi connectivity index (χ1v) is 8.62. The van der Waals surface area contributed by atoms with Gasteiger partial charge >= 0.3 is 0 Å². The van der Waals surface area contributed by atoms with Crippen molar-refractivity contribution in [2.45, 2.75) is 39.7 Å². The summed E-state index contributed by atoms with van der Waals surface area (Å²) in [6, 6.07) is 11.9. The summed E-state index contributed by atoms with van der Waals surface area (Å²) in [7, 11) is 1.61. The molecule has 128 valence electrons. The Bertz CT molecular complexity index is 696. The molecule has 0 radical (unpaired) electrons. The van der Waals surface area contributed by atoms with E-state index in [-0.39, 0.29) is 6.10 Å². The van der Waals surface area contributed by atoms with Gasteiger partial charge in [-0.05, 0) is 55.2 Å². The minimum absolute atomic E-state index is 0.0768. The van der Waals surface area contributed by atoms with Crippen molar-refractivity contribution in [1.29, 1.82) is 0 Å². The maximum atomic E-state index is 6.37. The Balaban J connectivity index is 2.24. The zero-order valence-corrected chi connectivity index (χ0v) is 15.4. The predicted molar refractivity (Wildman–Crippen MR) is 101 cm³/mol. The summed E-state index contributed by atoms with van der Waals surface area (Å²) in [6.07, 6.45) is 3.78. The standard InChI is InChI=1S/C20H24ClNO2/c1-5-14(3)24-20-18(21)11-16(12-19(20)23-4)13-22-17-9-7-15(6-2)8-10-17/h7-14H,5-6H2,1-4H3/t14-/m1/s1. The van der Waals surface area contributed by atoms with Crippen LogP contribution in [-0.4, -0.2) is 19.4 Å². The molecule has 2 aromatic rings. The van der Waals surface area contributed by atoms with Gasteiger partial charge in [0.15, 0.2) is 11.5 Å². The van der Waals surface area contributed by atoms with Gasteiger partial charge in [-0.25, -0.2) is 0 Å². The summed E-state index contributed by atoms with van der Waals surface area (Å²) in [5, 5.41) is 0.525. The lowest BCUT2D eigenvalue weighted by atomic mass is 10.1. The Morgan fingerprint density at radius 1 is 1.17 bits per heavy atom. The molecule has 0 aromatic heterocycles. The largest absolute Gasteiger partial charge is 0.493 e. The Kier molecular flexibility index (Phi) is 6.68. The van der Waals surface area contributed by atoms with Crippen LogP contribution in [0.2, 0.25) is 5.02 Å². The number of hydrogen-bond acceptors (Lipinski definition) is 3. The van der Waals surface area contributed by atoms with Crippen LogP contribution in [0.4, 0.5) is 5.69 Å². The molecule has 0 aliphatic heterocycles. The second-order valence-corrected chi connectivity index (χ2v) is 6.06. The smallest absolute Gasteiger partial charge is 0.180 e. The summed E-state index contributed by atoms with van der Waals surface area (Å²) in [5.74, 6) is 1.20. The van der Waals surface area contributed by atoms with Gasteiger partial charge in [0.05, 0.1) is 23.9 Å². The highest BCUT2D eigenvalue weighted by molar-refractivity contribution is 6.32. The van der Waals surface area contributed by atoms with E-state index in [9.17, 15) is 0 Å². The predicted octanol–water partition coefficient (Wildman–Crippen LogP) is 5.84. The average Bonchev–Trinajstić information content (AvgIpc) is 2.61. The van der Waals surface area contributed by atoms with Crippen LogP contribution in [-0.2, 0) is 6.42 Å². The molecule has 0 aliphatic rings. The number of aliphatic imine (C=N–C) groups is 1. The highest BCUT2D eigenvalue weighted by Gasteiger charge is 2.13. The third-order valence-electron chi connectivity index (χ3n) is 3.85. The molecular weight excluding hydrogens is 322 g/mol. The van der Waals surface area contributed by atoms with Crippen molar-refractivity contribution in [2.75, 3.05) is 7.11 Å². The second-order valence-electron chi connectivity index (χ2n) is 5.65. The van der Waals surface area contributed by atoms with E-state index < -0.39 is 0 Å². The van der Waals surface area contributed by atoms with E-state index >= 15 is 0 Å². The van der Waals surface area contributed by atoms with Crippen LogP contribution in [0.1, 0.15) is 38.3 Å². The van der Waals surface area contributed by atoms with Crippen molar-refractivity contribution < 1.29 is 9.47 Å². The quantitative estimate of drug-likeness (QED) is 0.590. The normalized spacial score (nSPS) is 12.4. The number of benzene rings is 2. The molecule has 0 heterocycles. The van der Waals surface area contributed by atoms with Gasteiger partial charge < -0.3 is 9.47 Å². The summed E-state index contributed by atoms with van der Waals surface area (Å²) >= 11 is 6.37. The van der Waals surface area contributed by atoms with E-state index in [2.05, 4.69) is 31.0 Å². The van der Waals surface area contributed by atoms with Crippen LogP contribution in [0.25, 0.3) is 0 Å². The number of methoxy groups -OCH3 is 1. The Morgan fingerprint density at radius 2 is 1.88 bits per heavy atom. The van der Waals surface area contributed by atoms with Crippen molar-refractivity contribution in [3.05, 3.63) is 52.5 Å². The van der Waals surface area contributed by atoms with Crippen LogP contribution >= 0.6 is 11.6 Å². The molecular formula is C20H24ClNO2. The van der Waals surface area contributed by atoms with Crippen LogP contribution in [0.3, 0.4) is 0 Å². The van der Waals surface area contributed by atoms with Crippen LogP contribution in [0.15, 0.2) is 41.4 Å². The zero-order valence-electron chi connectivity index (χ0n) is 14.7. The van der Waals surface area contributed by atoms with Crippen LogP contribution < -0.4 is 9.47 Å². The average molecular weight is 346 g/mol. The number of hydrogen-bond donors (Lipinski definition) is 0. The van der Waals surface area contributed by atoms with Crippen molar-refractivity contribution in [3.8, 4) is 11.5 Å². The molecule has 4 heteroatoms. The Hall–Kier alpha value is -2.00. The number of nitrogens with zero attached hydrogens (tertiary/aromatic N) is 1. The monoisotopic (exact) mass is 345 g/mol. The molecule has 2 aromatic carbocycles. The van der Waals surface area contributed by atoms with Gasteiger partial charge in [0.2, 0.25) is 0 Å². The second kappa shape index (κ2) is 8.74. The fourth-order valence-electron chi connectivity index (χ4n) is 2.18. The van der Waals surface area contributed by atoms with E-state index in [1.54, 1.807) is 13.3 Å². The Morgan fingerprint density at radius 3 is 2.46 bits per heavy atom. The third kappa shape index (κ3) is 4.75. The molecule has 0 bridgehead atoms. The number of aryl methyl sites for hydroxylation is 1.